The summed E-state index contributed by atoms with van der Waals surface area (Å²) in [5.74, 6) is 0. The van der Waals surface area contributed by atoms with Gasteiger partial charge in [0.05, 0.1) is 0 Å². The molecule has 0 rings (SSSR count). The van der Waals surface area contributed by atoms with Crippen LogP contribution in [0.5, 0.6) is 0 Å². The van der Waals surface area contributed by atoms with Crippen LogP contribution in [-0.2, 0) is 0 Å². The number of rotatable bonds is 2. The molecule has 58 valence electrons. The van der Waals surface area contributed by atoms with Crippen molar-refractivity contribution in [2.45, 2.75) is 46.6 Å². The standard InChI is InChI=1S/C9H17N/c1-7-8(2,3)9(4,5)10-6/h7H2,1-5H3. The van der Waals surface area contributed by atoms with Gasteiger partial charge in [-0.05, 0) is 6.42 Å². The lowest BCUT2D eigenvalue weighted by Crippen LogP contribution is -2.35. The first-order chi connectivity index (χ1) is 4.37. The molecule has 1 nitrogen and oxygen atoms in total. The third-order valence-electron chi connectivity index (χ3n) is 2.82. The van der Waals surface area contributed by atoms with Gasteiger partial charge in [0.15, 0.2) is 0 Å². The lowest BCUT2D eigenvalue weighted by molar-refractivity contribution is 0.232. The molecule has 0 aromatic heterocycles. The van der Waals surface area contributed by atoms with Crippen LogP contribution in [0.2, 0.25) is 0 Å². The van der Waals surface area contributed by atoms with Gasteiger partial charge >= 0.3 is 0 Å². The van der Waals surface area contributed by atoms with E-state index >= 15 is 0 Å². The molecule has 0 aliphatic rings. The van der Waals surface area contributed by atoms with Crippen molar-refractivity contribution in [2.24, 2.45) is 5.41 Å². The minimum atomic E-state index is -0.220. The Bertz CT molecular complexity index is 149. The van der Waals surface area contributed by atoms with Gasteiger partial charge in [0.1, 0.15) is 0 Å². The molecule has 0 heterocycles. The Labute approximate surface area is 64.3 Å². The average Bonchev–Trinajstić information content (AvgIpc) is 1.88. The average molecular weight is 139 g/mol. The molecule has 0 bridgehead atoms. The summed E-state index contributed by atoms with van der Waals surface area (Å²) in [7, 11) is 0. The Morgan fingerprint density at radius 1 is 1.20 bits per heavy atom. The van der Waals surface area contributed by atoms with E-state index in [2.05, 4.69) is 25.6 Å². The highest BCUT2D eigenvalue weighted by molar-refractivity contribution is 5.00. The third kappa shape index (κ3) is 1.50. The van der Waals surface area contributed by atoms with Gasteiger partial charge in [0.2, 0.25) is 5.54 Å². The van der Waals surface area contributed by atoms with E-state index in [1.807, 2.05) is 13.8 Å². The highest BCUT2D eigenvalue weighted by Gasteiger charge is 2.41. The van der Waals surface area contributed by atoms with Crippen LogP contribution in [0.3, 0.4) is 0 Å². The summed E-state index contributed by atoms with van der Waals surface area (Å²) in [6.07, 6.45) is 1.06. The zero-order chi connectivity index (χ0) is 8.41. The summed E-state index contributed by atoms with van der Waals surface area (Å²) in [4.78, 5) is 3.61. The van der Waals surface area contributed by atoms with E-state index < -0.39 is 0 Å². The Morgan fingerprint density at radius 3 is 1.70 bits per heavy atom. The van der Waals surface area contributed by atoms with Crippen molar-refractivity contribution < 1.29 is 0 Å². The second-order valence-corrected chi connectivity index (χ2v) is 3.91. The SMILES string of the molecule is [C-]#[N+]C(C)(C)C(C)(C)CC. The molecule has 0 radical (unpaired) electrons. The molecule has 0 N–H and O–H groups in total. The van der Waals surface area contributed by atoms with Gasteiger partial charge in [0.25, 0.3) is 0 Å². The number of nitrogens with zero attached hydrogens (tertiary/aromatic N) is 1. The van der Waals surface area contributed by atoms with Gasteiger partial charge in [-0.2, -0.15) is 0 Å². The summed E-state index contributed by atoms with van der Waals surface area (Å²) >= 11 is 0. The van der Waals surface area contributed by atoms with Gasteiger partial charge in [0, 0.05) is 19.3 Å². The first-order valence-corrected chi connectivity index (χ1v) is 3.76. The third-order valence-corrected chi connectivity index (χ3v) is 2.82. The summed E-state index contributed by atoms with van der Waals surface area (Å²) < 4.78 is 0. The maximum Gasteiger partial charge on any atom is 0.232 e. The molecule has 0 saturated heterocycles. The smallest absolute Gasteiger partial charge is 0.232 e. The maximum absolute atomic E-state index is 6.99. The zero-order valence-electron chi connectivity index (χ0n) is 7.65. The first kappa shape index (κ1) is 9.49. The maximum atomic E-state index is 6.99. The molecule has 0 aliphatic carbocycles. The van der Waals surface area contributed by atoms with Crippen LogP contribution in [0.25, 0.3) is 4.85 Å². The largest absolute Gasteiger partial charge is 0.310 e. The Balaban J connectivity index is 4.49. The van der Waals surface area contributed by atoms with Crippen molar-refractivity contribution in [2.75, 3.05) is 0 Å². The van der Waals surface area contributed by atoms with E-state index in [9.17, 15) is 0 Å². The molecule has 0 aromatic carbocycles. The Morgan fingerprint density at radius 2 is 1.60 bits per heavy atom. The lowest BCUT2D eigenvalue weighted by Gasteiger charge is -2.30. The normalized spacial score (nSPS) is 12.8. The molecule has 0 aromatic rings. The molecule has 0 fully saturated rings. The van der Waals surface area contributed by atoms with Crippen LogP contribution in [-0.4, -0.2) is 5.54 Å². The van der Waals surface area contributed by atoms with E-state index in [-0.39, 0.29) is 11.0 Å². The predicted molar refractivity (Wildman–Crippen MR) is 44.8 cm³/mol. The topological polar surface area (TPSA) is 4.36 Å². The van der Waals surface area contributed by atoms with Crippen LogP contribution in [0.1, 0.15) is 41.0 Å². The number of hydrogen-bond acceptors (Lipinski definition) is 0. The fourth-order valence-electron chi connectivity index (χ4n) is 0.584. The minimum absolute atomic E-state index is 0.134. The van der Waals surface area contributed by atoms with Gasteiger partial charge in [-0.3, -0.25) is 0 Å². The van der Waals surface area contributed by atoms with Crippen LogP contribution in [0.15, 0.2) is 0 Å². The monoisotopic (exact) mass is 139 g/mol. The highest BCUT2D eigenvalue weighted by Crippen LogP contribution is 2.36. The zero-order valence-corrected chi connectivity index (χ0v) is 7.65. The molecule has 10 heavy (non-hydrogen) atoms. The highest BCUT2D eigenvalue weighted by atomic mass is 14.8. The summed E-state index contributed by atoms with van der Waals surface area (Å²) in [5, 5.41) is 0. The molecule has 0 unspecified atom stereocenters. The fraction of sp³-hybridized carbons (Fsp3) is 0.889. The van der Waals surface area contributed by atoms with Crippen molar-refractivity contribution in [1.82, 2.24) is 0 Å². The van der Waals surface area contributed by atoms with E-state index in [0.717, 1.165) is 6.42 Å². The molecule has 0 saturated carbocycles. The van der Waals surface area contributed by atoms with Gasteiger partial charge in [-0.1, -0.05) is 20.8 Å². The van der Waals surface area contributed by atoms with Crippen molar-refractivity contribution in [3.8, 4) is 0 Å². The van der Waals surface area contributed by atoms with Crippen LogP contribution >= 0.6 is 0 Å². The molecule has 0 spiro atoms. The first-order valence-electron chi connectivity index (χ1n) is 3.76. The molecule has 1 heteroatoms. The van der Waals surface area contributed by atoms with Crippen LogP contribution < -0.4 is 0 Å². The quantitative estimate of drug-likeness (QED) is 0.518. The van der Waals surface area contributed by atoms with Crippen molar-refractivity contribution in [1.29, 1.82) is 0 Å². The lowest BCUT2D eigenvalue weighted by atomic mass is 9.73. The summed E-state index contributed by atoms with van der Waals surface area (Å²) in [5.41, 5.74) is -0.0868. The summed E-state index contributed by atoms with van der Waals surface area (Å²) in [6, 6.07) is 0. The Kier molecular flexibility index (Phi) is 2.48. The van der Waals surface area contributed by atoms with E-state index in [4.69, 9.17) is 6.57 Å². The Hall–Kier alpha value is -0.510. The van der Waals surface area contributed by atoms with Gasteiger partial charge < -0.3 is 4.85 Å². The second kappa shape index (κ2) is 2.62. The number of hydrogen-bond donors (Lipinski definition) is 0. The molecule has 0 atom stereocenters. The molecular weight excluding hydrogens is 122 g/mol. The molecular formula is C9H17N. The van der Waals surface area contributed by atoms with E-state index in [1.54, 1.807) is 0 Å². The molecule has 0 amide bonds. The van der Waals surface area contributed by atoms with Crippen molar-refractivity contribution >= 4 is 0 Å². The van der Waals surface area contributed by atoms with Crippen molar-refractivity contribution in [3.63, 3.8) is 0 Å². The van der Waals surface area contributed by atoms with Crippen molar-refractivity contribution in [3.05, 3.63) is 11.4 Å². The second-order valence-electron chi connectivity index (χ2n) is 3.91. The van der Waals surface area contributed by atoms with E-state index in [0.29, 0.717) is 0 Å². The summed E-state index contributed by atoms with van der Waals surface area (Å²) in [6.45, 7) is 17.4. The van der Waals surface area contributed by atoms with E-state index in [1.165, 1.54) is 0 Å². The molecule has 0 aliphatic heterocycles. The van der Waals surface area contributed by atoms with Crippen LogP contribution in [0.4, 0.5) is 0 Å². The minimum Gasteiger partial charge on any atom is -0.310 e. The fourth-order valence-corrected chi connectivity index (χ4v) is 0.584. The van der Waals surface area contributed by atoms with Crippen LogP contribution in [0, 0.1) is 12.0 Å². The van der Waals surface area contributed by atoms with Gasteiger partial charge in [-0.15, -0.1) is 0 Å². The predicted octanol–water partition coefficient (Wildman–Crippen LogP) is 3.12. The van der Waals surface area contributed by atoms with Gasteiger partial charge in [-0.25, -0.2) is 6.57 Å².